The van der Waals surface area contributed by atoms with Crippen molar-refractivity contribution in [2.24, 2.45) is 4.99 Å². The van der Waals surface area contributed by atoms with E-state index in [4.69, 9.17) is 14.5 Å². The van der Waals surface area contributed by atoms with Crippen molar-refractivity contribution in [3.63, 3.8) is 0 Å². The summed E-state index contributed by atoms with van der Waals surface area (Å²) >= 11 is 0. The van der Waals surface area contributed by atoms with Crippen molar-refractivity contribution in [1.29, 1.82) is 0 Å². The molecule has 6 heteroatoms. The van der Waals surface area contributed by atoms with Crippen LogP contribution in [0.25, 0.3) is 0 Å². The topological polar surface area (TPSA) is 68.2 Å². The Morgan fingerprint density at radius 1 is 0.812 bits per heavy atom. The SMILES string of the molecule is COC(=O)C1(C(=O)OC)C(=Nc2ccccc2C)C(c2ccccc2)N1c1ccccc1. The number of nitrogens with zero attached hydrogens (tertiary/aromatic N) is 2. The lowest BCUT2D eigenvalue weighted by atomic mass is 9.72. The van der Waals surface area contributed by atoms with Crippen LogP contribution in [0.2, 0.25) is 0 Å². The van der Waals surface area contributed by atoms with Gasteiger partial charge in [-0.2, -0.15) is 0 Å². The maximum atomic E-state index is 13.3. The summed E-state index contributed by atoms with van der Waals surface area (Å²) in [6.45, 7) is 1.93. The number of para-hydroxylation sites is 2. The van der Waals surface area contributed by atoms with Crippen molar-refractivity contribution >= 4 is 29.0 Å². The van der Waals surface area contributed by atoms with Gasteiger partial charge in [0.15, 0.2) is 0 Å². The summed E-state index contributed by atoms with van der Waals surface area (Å²) in [6.07, 6.45) is 0. The lowest BCUT2D eigenvalue weighted by Crippen LogP contribution is -2.78. The molecule has 0 bridgehead atoms. The molecule has 1 aliphatic heterocycles. The van der Waals surface area contributed by atoms with Crippen molar-refractivity contribution < 1.29 is 19.1 Å². The van der Waals surface area contributed by atoms with Crippen LogP contribution in [0.1, 0.15) is 17.2 Å². The Balaban J connectivity index is 2.03. The summed E-state index contributed by atoms with van der Waals surface area (Å²) in [5.41, 5.74) is 1.70. The zero-order valence-electron chi connectivity index (χ0n) is 18.2. The van der Waals surface area contributed by atoms with Gasteiger partial charge in [-0.15, -0.1) is 0 Å². The standard InChI is InChI=1S/C26H24N2O4/c1-18-12-10-11-17-21(18)27-23-22(19-13-6-4-7-14-19)28(20-15-8-5-9-16-20)26(23,24(29)31-2)25(30)32-3/h4-17,22H,1-3H3. The summed E-state index contributed by atoms with van der Waals surface area (Å²) in [7, 11) is 2.52. The van der Waals surface area contributed by atoms with Crippen molar-refractivity contribution in [2.45, 2.75) is 18.5 Å². The summed E-state index contributed by atoms with van der Waals surface area (Å²) < 4.78 is 10.3. The van der Waals surface area contributed by atoms with Gasteiger partial charge in [0.05, 0.1) is 31.7 Å². The third kappa shape index (κ3) is 3.24. The molecule has 3 aromatic carbocycles. The molecule has 4 rings (SSSR count). The number of esters is 2. The molecule has 1 unspecified atom stereocenters. The molecule has 0 aliphatic carbocycles. The molecule has 3 aromatic rings. The lowest BCUT2D eigenvalue weighted by molar-refractivity contribution is -0.159. The molecular weight excluding hydrogens is 404 g/mol. The minimum atomic E-state index is -1.84. The Labute approximate surface area is 187 Å². The van der Waals surface area contributed by atoms with E-state index in [-0.39, 0.29) is 0 Å². The quantitative estimate of drug-likeness (QED) is 0.445. The summed E-state index contributed by atoms with van der Waals surface area (Å²) in [6, 6.07) is 26.0. The normalized spacial score (nSPS) is 18.0. The van der Waals surface area contributed by atoms with Gasteiger partial charge in [-0.3, -0.25) is 4.99 Å². The first-order chi connectivity index (χ1) is 15.6. The number of hydrogen-bond donors (Lipinski definition) is 0. The van der Waals surface area contributed by atoms with Gasteiger partial charge in [0.25, 0.3) is 5.54 Å². The monoisotopic (exact) mass is 428 g/mol. The third-order valence-corrected chi connectivity index (χ3v) is 5.72. The van der Waals surface area contributed by atoms with E-state index in [2.05, 4.69) is 0 Å². The number of carbonyl (C=O) groups is 2. The van der Waals surface area contributed by atoms with Gasteiger partial charge in [0, 0.05) is 5.69 Å². The first-order valence-corrected chi connectivity index (χ1v) is 10.3. The fourth-order valence-electron chi connectivity index (χ4n) is 4.19. The Bertz CT molecular complexity index is 1140. The van der Waals surface area contributed by atoms with Crippen LogP contribution in [-0.2, 0) is 19.1 Å². The molecule has 0 saturated carbocycles. The number of benzene rings is 3. The van der Waals surface area contributed by atoms with E-state index < -0.39 is 23.5 Å². The second-order valence-corrected chi connectivity index (χ2v) is 7.50. The predicted molar refractivity (Wildman–Crippen MR) is 123 cm³/mol. The van der Waals surface area contributed by atoms with E-state index >= 15 is 0 Å². The summed E-state index contributed by atoms with van der Waals surface area (Å²) in [4.78, 5) is 33.2. The molecule has 0 N–H and O–H groups in total. The Kier molecular flexibility index (Phi) is 5.77. The first-order valence-electron chi connectivity index (χ1n) is 10.3. The molecule has 1 aliphatic rings. The number of methoxy groups -OCH3 is 2. The van der Waals surface area contributed by atoms with E-state index in [0.29, 0.717) is 17.1 Å². The minimum Gasteiger partial charge on any atom is -0.467 e. The zero-order valence-corrected chi connectivity index (χ0v) is 18.2. The highest BCUT2D eigenvalue weighted by molar-refractivity contribution is 6.37. The smallest absolute Gasteiger partial charge is 0.349 e. The second kappa shape index (κ2) is 8.67. The Morgan fingerprint density at radius 3 is 1.91 bits per heavy atom. The van der Waals surface area contributed by atoms with Crippen LogP contribution < -0.4 is 4.90 Å². The lowest BCUT2D eigenvalue weighted by Gasteiger charge is -2.56. The van der Waals surface area contributed by atoms with Crippen LogP contribution in [-0.4, -0.2) is 37.4 Å². The van der Waals surface area contributed by atoms with Gasteiger partial charge in [-0.25, -0.2) is 9.59 Å². The number of hydrogen-bond acceptors (Lipinski definition) is 6. The van der Waals surface area contributed by atoms with Crippen molar-refractivity contribution in [3.05, 3.63) is 96.1 Å². The first kappa shape index (κ1) is 21.3. The van der Waals surface area contributed by atoms with Gasteiger partial charge >= 0.3 is 11.9 Å². The van der Waals surface area contributed by atoms with E-state index in [1.165, 1.54) is 14.2 Å². The predicted octanol–water partition coefficient (Wildman–Crippen LogP) is 4.41. The molecule has 1 atom stereocenters. The van der Waals surface area contributed by atoms with E-state index in [1.807, 2.05) is 91.9 Å². The maximum Gasteiger partial charge on any atom is 0.349 e. The van der Waals surface area contributed by atoms with Crippen LogP contribution in [0.5, 0.6) is 0 Å². The zero-order chi connectivity index (χ0) is 22.7. The van der Waals surface area contributed by atoms with Crippen LogP contribution in [0.3, 0.4) is 0 Å². The fraction of sp³-hybridized carbons (Fsp3) is 0.192. The molecule has 1 fully saturated rings. The number of aryl methyl sites for hydroxylation is 1. The van der Waals surface area contributed by atoms with E-state index in [1.54, 1.807) is 4.90 Å². The van der Waals surface area contributed by atoms with Gasteiger partial charge in [0.1, 0.15) is 0 Å². The number of ether oxygens (including phenoxy) is 2. The van der Waals surface area contributed by atoms with Crippen LogP contribution in [0, 0.1) is 6.92 Å². The van der Waals surface area contributed by atoms with Crippen molar-refractivity contribution in [3.8, 4) is 0 Å². The maximum absolute atomic E-state index is 13.3. The second-order valence-electron chi connectivity index (χ2n) is 7.50. The highest BCUT2D eigenvalue weighted by Gasteiger charge is 2.70. The molecule has 0 aromatic heterocycles. The Hall–Kier alpha value is -3.93. The van der Waals surface area contributed by atoms with Crippen molar-refractivity contribution in [2.75, 3.05) is 19.1 Å². The molecule has 1 heterocycles. The molecule has 6 nitrogen and oxygen atoms in total. The molecule has 0 radical (unpaired) electrons. The fourth-order valence-corrected chi connectivity index (χ4v) is 4.19. The highest BCUT2D eigenvalue weighted by Crippen LogP contribution is 2.49. The summed E-state index contributed by atoms with van der Waals surface area (Å²) in [5.74, 6) is -1.49. The molecular formula is C26H24N2O4. The van der Waals surface area contributed by atoms with Gasteiger partial charge in [0.2, 0.25) is 0 Å². The van der Waals surface area contributed by atoms with Gasteiger partial charge in [-0.1, -0.05) is 66.7 Å². The number of carbonyl (C=O) groups excluding carboxylic acids is 2. The van der Waals surface area contributed by atoms with Crippen LogP contribution >= 0.6 is 0 Å². The Morgan fingerprint density at radius 2 is 1.34 bits per heavy atom. The number of anilines is 1. The number of aliphatic imine (C=N–C) groups is 1. The average Bonchev–Trinajstić information content (AvgIpc) is 2.83. The molecule has 1 saturated heterocycles. The average molecular weight is 428 g/mol. The molecule has 0 amide bonds. The summed E-state index contributed by atoms with van der Waals surface area (Å²) in [5, 5.41) is 0. The third-order valence-electron chi connectivity index (χ3n) is 5.72. The molecule has 162 valence electrons. The largest absolute Gasteiger partial charge is 0.467 e. The van der Waals surface area contributed by atoms with Crippen LogP contribution in [0.4, 0.5) is 11.4 Å². The number of rotatable bonds is 5. The molecule has 32 heavy (non-hydrogen) atoms. The minimum absolute atomic E-state index is 0.362. The van der Waals surface area contributed by atoms with Gasteiger partial charge < -0.3 is 14.4 Å². The van der Waals surface area contributed by atoms with E-state index in [0.717, 1.165) is 11.1 Å². The highest BCUT2D eigenvalue weighted by atomic mass is 16.5. The van der Waals surface area contributed by atoms with Crippen LogP contribution in [0.15, 0.2) is 89.9 Å². The molecule has 0 spiro atoms. The van der Waals surface area contributed by atoms with Gasteiger partial charge in [-0.05, 0) is 36.2 Å². The van der Waals surface area contributed by atoms with E-state index in [9.17, 15) is 9.59 Å². The van der Waals surface area contributed by atoms with Crippen molar-refractivity contribution in [1.82, 2.24) is 0 Å².